The van der Waals surface area contributed by atoms with Crippen molar-refractivity contribution in [1.82, 2.24) is 9.97 Å². The summed E-state index contributed by atoms with van der Waals surface area (Å²) in [6.07, 6.45) is 0. The third kappa shape index (κ3) is 2.03. The average Bonchev–Trinajstić information content (AvgIpc) is 2.46. The first-order chi connectivity index (χ1) is 10.1. The largest absolute Gasteiger partial charge is 0.386 e. The Morgan fingerprint density at radius 3 is 2.62 bits per heavy atom. The van der Waals surface area contributed by atoms with Gasteiger partial charge in [0, 0.05) is 5.92 Å². The van der Waals surface area contributed by atoms with E-state index in [0.29, 0.717) is 5.56 Å². The number of nitrogens with two attached hydrogens (primary N) is 2. The predicted octanol–water partition coefficient (Wildman–Crippen LogP) is 0.626. The van der Waals surface area contributed by atoms with Crippen molar-refractivity contribution in [3.8, 4) is 6.07 Å². The van der Waals surface area contributed by atoms with Gasteiger partial charge in [0.05, 0.1) is 11.6 Å². The maximum absolute atomic E-state index is 12.2. The predicted molar refractivity (Wildman–Crippen MR) is 77.9 cm³/mol. The number of H-pyrrole nitrogens is 1. The third-order valence-electron chi connectivity index (χ3n) is 3.45. The zero-order valence-corrected chi connectivity index (χ0v) is 10.9. The summed E-state index contributed by atoms with van der Waals surface area (Å²) < 4.78 is 0. The second kappa shape index (κ2) is 4.76. The molecule has 0 spiro atoms. The molecule has 21 heavy (non-hydrogen) atoms. The molecule has 2 atom stereocenters. The van der Waals surface area contributed by atoms with Gasteiger partial charge in [-0.1, -0.05) is 30.3 Å². The van der Waals surface area contributed by atoms with Crippen LogP contribution in [0, 0.1) is 17.2 Å². The van der Waals surface area contributed by atoms with Crippen LogP contribution in [0.3, 0.4) is 0 Å². The fraction of sp³-hybridized carbons (Fsp3) is 0.143. The molecule has 7 heteroatoms. The number of nitrogens with one attached hydrogen (secondary N) is 1. The van der Waals surface area contributed by atoms with E-state index in [1.807, 2.05) is 30.3 Å². The fourth-order valence-corrected chi connectivity index (χ4v) is 2.54. The van der Waals surface area contributed by atoms with Crippen LogP contribution >= 0.6 is 0 Å². The number of aromatic nitrogens is 2. The van der Waals surface area contributed by atoms with E-state index in [-0.39, 0.29) is 17.6 Å². The van der Waals surface area contributed by atoms with Crippen molar-refractivity contribution in [2.24, 2.45) is 16.6 Å². The van der Waals surface area contributed by atoms with Gasteiger partial charge in [0.1, 0.15) is 11.8 Å². The van der Waals surface area contributed by atoms with Crippen molar-refractivity contribution in [3.05, 3.63) is 51.8 Å². The fourth-order valence-electron chi connectivity index (χ4n) is 2.54. The molecular weight excluding hydrogens is 268 g/mol. The molecule has 0 unspecified atom stereocenters. The molecular formula is C14H12N6O. The van der Waals surface area contributed by atoms with Crippen molar-refractivity contribution in [2.75, 3.05) is 5.73 Å². The minimum absolute atomic E-state index is 0.0301. The van der Waals surface area contributed by atoms with Gasteiger partial charge >= 0.3 is 0 Å². The summed E-state index contributed by atoms with van der Waals surface area (Å²) in [6, 6.07) is 11.3. The highest BCUT2D eigenvalue weighted by Gasteiger charge is 2.36. The molecule has 2 aromatic rings. The number of amidine groups is 1. The summed E-state index contributed by atoms with van der Waals surface area (Å²) in [6.45, 7) is 0. The van der Waals surface area contributed by atoms with Crippen LogP contribution in [0.2, 0.25) is 0 Å². The SMILES string of the molecule is N#C[C@H]1C(N)=Nc2nc(N)[nH]c(=O)c2[C@@H]1c1ccccc1. The van der Waals surface area contributed by atoms with Crippen LogP contribution in [0.25, 0.3) is 0 Å². The summed E-state index contributed by atoms with van der Waals surface area (Å²) in [5.41, 5.74) is 12.1. The van der Waals surface area contributed by atoms with E-state index in [1.165, 1.54) is 0 Å². The highest BCUT2D eigenvalue weighted by atomic mass is 16.1. The van der Waals surface area contributed by atoms with Gasteiger partial charge in [-0.05, 0) is 5.56 Å². The Kier molecular flexibility index (Phi) is 2.92. The molecule has 1 aromatic heterocycles. The highest BCUT2D eigenvalue weighted by molar-refractivity contribution is 5.91. The van der Waals surface area contributed by atoms with E-state index in [0.717, 1.165) is 5.56 Å². The minimum Gasteiger partial charge on any atom is -0.386 e. The minimum atomic E-state index is -0.716. The molecule has 2 heterocycles. The lowest BCUT2D eigenvalue weighted by molar-refractivity contribution is 0.696. The molecule has 0 fully saturated rings. The summed E-state index contributed by atoms with van der Waals surface area (Å²) in [4.78, 5) is 22.8. The number of hydrogen-bond donors (Lipinski definition) is 3. The average molecular weight is 280 g/mol. The molecule has 0 radical (unpaired) electrons. The van der Waals surface area contributed by atoms with E-state index in [9.17, 15) is 10.1 Å². The Morgan fingerprint density at radius 1 is 1.24 bits per heavy atom. The third-order valence-corrected chi connectivity index (χ3v) is 3.45. The molecule has 0 amide bonds. The second-order valence-corrected chi connectivity index (χ2v) is 4.72. The standard InChI is InChI=1S/C14H12N6O/c15-6-8-9(7-4-2-1-3-5-7)10-12(18-11(8)16)19-14(17)20-13(10)21/h1-5,8-9H,(H5,16,17,18,19,20,21)/t8-,9-/m1/s1. The zero-order valence-electron chi connectivity index (χ0n) is 10.9. The smallest absolute Gasteiger partial charge is 0.258 e. The summed E-state index contributed by atoms with van der Waals surface area (Å²) in [7, 11) is 0. The van der Waals surface area contributed by atoms with E-state index in [1.54, 1.807) is 0 Å². The molecule has 0 aliphatic carbocycles. The van der Waals surface area contributed by atoms with E-state index in [2.05, 4.69) is 21.0 Å². The number of rotatable bonds is 1. The zero-order chi connectivity index (χ0) is 15.0. The lowest BCUT2D eigenvalue weighted by Gasteiger charge is -2.26. The number of nitrogens with zero attached hydrogens (tertiary/aromatic N) is 3. The number of anilines is 1. The van der Waals surface area contributed by atoms with E-state index < -0.39 is 17.4 Å². The second-order valence-electron chi connectivity index (χ2n) is 4.72. The first-order valence-electron chi connectivity index (χ1n) is 6.30. The summed E-state index contributed by atoms with van der Waals surface area (Å²) in [5.74, 6) is -0.949. The Morgan fingerprint density at radius 2 is 1.95 bits per heavy atom. The van der Waals surface area contributed by atoms with Crippen LogP contribution in [0.15, 0.2) is 40.1 Å². The normalized spacial score (nSPS) is 20.2. The van der Waals surface area contributed by atoms with Crippen molar-refractivity contribution in [3.63, 3.8) is 0 Å². The Balaban J connectivity index is 2.31. The van der Waals surface area contributed by atoms with Gasteiger partial charge in [-0.25, -0.2) is 4.99 Å². The van der Waals surface area contributed by atoms with Gasteiger partial charge in [0.2, 0.25) is 5.95 Å². The lowest BCUT2D eigenvalue weighted by Crippen LogP contribution is -2.35. The van der Waals surface area contributed by atoms with E-state index >= 15 is 0 Å². The quantitative estimate of drug-likeness (QED) is 0.704. The molecule has 104 valence electrons. The lowest BCUT2D eigenvalue weighted by atomic mass is 9.79. The van der Waals surface area contributed by atoms with Crippen molar-refractivity contribution in [1.29, 1.82) is 5.26 Å². The summed E-state index contributed by atoms with van der Waals surface area (Å²) in [5, 5.41) is 9.40. The number of fused-ring (bicyclic) bond motifs is 1. The van der Waals surface area contributed by atoms with Crippen LogP contribution < -0.4 is 17.0 Å². The number of benzene rings is 1. The Labute approximate surface area is 120 Å². The highest BCUT2D eigenvalue weighted by Crippen LogP contribution is 2.38. The Bertz CT molecular complexity index is 818. The first-order valence-corrected chi connectivity index (χ1v) is 6.30. The molecule has 1 aliphatic rings. The maximum atomic E-state index is 12.2. The van der Waals surface area contributed by atoms with Gasteiger partial charge in [-0.15, -0.1) is 0 Å². The maximum Gasteiger partial charge on any atom is 0.258 e. The summed E-state index contributed by atoms with van der Waals surface area (Å²) >= 11 is 0. The molecule has 3 rings (SSSR count). The number of aromatic amines is 1. The molecule has 5 N–H and O–H groups in total. The molecule has 0 saturated carbocycles. The Hall–Kier alpha value is -3.14. The molecule has 1 aromatic carbocycles. The first kappa shape index (κ1) is 12.9. The molecule has 7 nitrogen and oxygen atoms in total. The molecule has 0 saturated heterocycles. The molecule has 0 bridgehead atoms. The monoisotopic (exact) mass is 280 g/mol. The van der Waals surface area contributed by atoms with Crippen LogP contribution in [0.5, 0.6) is 0 Å². The number of nitrogen functional groups attached to an aromatic ring is 1. The van der Waals surface area contributed by atoms with Crippen LogP contribution in [-0.2, 0) is 0 Å². The van der Waals surface area contributed by atoms with Gasteiger partial charge < -0.3 is 11.5 Å². The van der Waals surface area contributed by atoms with Gasteiger partial charge in [0.15, 0.2) is 5.82 Å². The van der Waals surface area contributed by atoms with Crippen molar-refractivity contribution in [2.45, 2.75) is 5.92 Å². The number of nitriles is 1. The number of hydrogen-bond acceptors (Lipinski definition) is 6. The van der Waals surface area contributed by atoms with Crippen LogP contribution in [-0.4, -0.2) is 15.8 Å². The molecule has 1 aliphatic heterocycles. The van der Waals surface area contributed by atoms with Crippen molar-refractivity contribution < 1.29 is 0 Å². The van der Waals surface area contributed by atoms with Crippen LogP contribution in [0.4, 0.5) is 11.8 Å². The van der Waals surface area contributed by atoms with Gasteiger partial charge in [0.25, 0.3) is 5.56 Å². The topological polar surface area (TPSA) is 134 Å². The van der Waals surface area contributed by atoms with Crippen LogP contribution in [0.1, 0.15) is 17.0 Å². The van der Waals surface area contributed by atoms with E-state index in [4.69, 9.17) is 11.5 Å². The van der Waals surface area contributed by atoms with Gasteiger partial charge in [-0.2, -0.15) is 10.2 Å². The number of aliphatic imine (C=N–C) groups is 1. The van der Waals surface area contributed by atoms with Gasteiger partial charge in [-0.3, -0.25) is 9.78 Å². The van der Waals surface area contributed by atoms with Crippen molar-refractivity contribution >= 4 is 17.6 Å².